The summed E-state index contributed by atoms with van der Waals surface area (Å²) >= 11 is 0. The van der Waals surface area contributed by atoms with Crippen LogP contribution in [0.2, 0.25) is 0 Å². The molecule has 0 saturated heterocycles. The first-order valence-electron chi connectivity index (χ1n) is 24.0. The summed E-state index contributed by atoms with van der Waals surface area (Å²) in [5.74, 6) is 0. The molecule has 0 fully saturated rings. The molecule has 0 atom stereocenters. The number of aromatic nitrogens is 1. The molecule has 1 heterocycles. The molecule has 0 aliphatic heterocycles. The Morgan fingerprint density at radius 1 is 0.203 bits per heavy atom. The van der Waals surface area contributed by atoms with Crippen molar-refractivity contribution >= 4 is 112 Å². The van der Waals surface area contributed by atoms with Crippen LogP contribution in [0.5, 0.6) is 0 Å². The molecule has 0 aliphatic carbocycles. The van der Waals surface area contributed by atoms with Gasteiger partial charge >= 0.3 is 0 Å². The summed E-state index contributed by atoms with van der Waals surface area (Å²) in [4.78, 5) is 0. The standard InChI is InChI=1S/C66H47NSi2/c1-7-25-49(26-8-1)68(50-27-9-2-10-28-50,51-29-11-3-12-30-51)55-37-23-24-48(46-55)67-63-45-44-61-59-40-20-19-38-57(59)58-39-21-22-41-60(58)65(61)66(63)62-43-42-56(47-64(62)67)69(52-31-13-4-14-32-52,53-33-15-5-16-34-53)54-35-17-6-18-36-54/h1-47H. The molecule has 0 bridgehead atoms. The van der Waals surface area contributed by atoms with Crippen molar-refractivity contribution in [3.8, 4) is 5.69 Å². The second kappa shape index (κ2) is 16.8. The first-order chi connectivity index (χ1) is 34.3. The summed E-state index contributed by atoms with van der Waals surface area (Å²) in [5.41, 5.74) is 3.56. The summed E-state index contributed by atoms with van der Waals surface area (Å²) in [6.45, 7) is 0. The molecule has 0 aliphatic rings. The van der Waals surface area contributed by atoms with E-state index in [-0.39, 0.29) is 0 Å². The molecule has 0 spiro atoms. The Labute approximate surface area is 404 Å². The third-order valence-electron chi connectivity index (χ3n) is 14.8. The van der Waals surface area contributed by atoms with Gasteiger partial charge in [-0.15, -0.1) is 0 Å². The van der Waals surface area contributed by atoms with Crippen LogP contribution in [-0.4, -0.2) is 20.7 Å². The SMILES string of the molecule is c1ccc([Si](c2ccccc2)(c2ccccc2)c2cccc(-n3c4cc([Si](c5ccccc5)(c5ccccc5)c5ccccc5)ccc4c4c5c6ccccc6c6ccccc6c5ccc43)c2)cc1. The van der Waals surface area contributed by atoms with E-state index in [0.717, 1.165) is 5.69 Å². The molecule has 0 unspecified atom stereocenters. The van der Waals surface area contributed by atoms with Gasteiger partial charge in [-0.25, -0.2) is 0 Å². The van der Waals surface area contributed by atoms with Crippen LogP contribution in [-0.2, 0) is 0 Å². The van der Waals surface area contributed by atoms with Crippen molar-refractivity contribution in [1.29, 1.82) is 0 Å². The highest BCUT2D eigenvalue weighted by Gasteiger charge is 2.43. The summed E-state index contributed by atoms with van der Waals surface area (Å²) in [6.07, 6.45) is 0. The molecular formula is C66H47NSi2. The number of fused-ring (bicyclic) bond motifs is 10. The molecular weight excluding hydrogens is 863 g/mol. The first kappa shape index (κ1) is 40.9. The maximum Gasteiger partial charge on any atom is 0.179 e. The van der Waals surface area contributed by atoms with Gasteiger partial charge in [0.2, 0.25) is 0 Å². The van der Waals surface area contributed by atoms with Crippen LogP contribution in [0.4, 0.5) is 0 Å². The van der Waals surface area contributed by atoms with E-state index in [1.54, 1.807) is 0 Å². The smallest absolute Gasteiger partial charge is 0.179 e. The van der Waals surface area contributed by atoms with Crippen molar-refractivity contribution < 1.29 is 0 Å². The second-order valence-electron chi connectivity index (χ2n) is 18.3. The molecule has 0 saturated carbocycles. The van der Waals surface area contributed by atoms with Crippen molar-refractivity contribution in [1.82, 2.24) is 4.57 Å². The van der Waals surface area contributed by atoms with Crippen LogP contribution >= 0.6 is 0 Å². The zero-order chi connectivity index (χ0) is 45.8. The van der Waals surface area contributed by atoms with Crippen LogP contribution in [0, 0.1) is 0 Å². The molecule has 13 aromatic rings. The van der Waals surface area contributed by atoms with Gasteiger partial charge in [-0.2, -0.15) is 0 Å². The van der Waals surface area contributed by atoms with Crippen molar-refractivity contribution in [2.24, 2.45) is 0 Å². The number of nitrogens with zero attached hydrogens (tertiary/aromatic N) is 1. The Balaban J connectivity index is 1.19. The van der Waals surface area contributed by atoms with E-state index in [9.17, 15) is 0 Å². The highest BCUT2D eigenvalue weighted by Crippen LogP contribution is 2.43. The van der Waals surface area contributed by atoms with Crippen molar-refractivity contribution in [3.63, 3.8) is 0 Å². The summed E-state index contributed by atoms with van der Waals surface area (Å²) in [5, 5.41) is 21.1. The average molecular weight is 910 g/mol. The van der Waals surface area contributed by atoms with Crippen molar-refractivity contribution in [2.45, 2.75) is 0 Å². The van der Waals surface area contributed by atoms with Crippen molar-refractivity contribution in [2.75, 3.05) is 0 Å². The predicted molar refractivity (Wildman–Crippen MR) is 301 cm³/mol. The zero-order valence-corrected chi connectivity index (χ0v) is 40.1. The highest BCUT2D eigenvalue weighted by molar-refractivity contribution is 7.20. The average Bonchev–Trinajstić information content (AvgIpc) is 3.77. The Bertz CT molecular complexity index is 3760. The van der Waals surface area contributed by atoms with Gasteiger partial charge in [-0.3, -0.25) is 0 Å². The van der Waals surface area contributed by atoms with E-state index < -0.39 is 16.1 Å². The quantitative estimate of drug-likeness (QED) is 0.0773. The molecule has 0 amide bonds. The van der Waals surface area contributed by atoms with Crippen LogP contribution in [0.1, 0.15) is 0 Å². The molecule has 0 radical (unpaired) electrons. The third kappa shape index (κ3) is 6.28. The van der Waals surface area contributed by atoms with Gasteiger partial charge in [0.15, 0.2) is 16.1 Å². The van der Waals surface area contributed by atoms with Crippen LogP contribution in [0.25, 0.3) is 59.8 Å². The zero-order valence-electron chi connectivity index (χ0n) is 38.1. The fraction of sp³-hybridized carbons (Fsp3) is 0. The Kier molecular flexibility index (Phi) is 9.93. The fourth-order valence-corrected chi connectivity index (χ4v) is 21.6. The number of hydrogen-bond acceptors (Lipinski definition) is 0. The monoisotopic (exact) mass is 909 g/mol. The van der Waals surface area contributed by atoms with E-state index in [0.29, 0.717) is 0 Å². The van der Waals surface area contributed by atoms with Gasteiger partial charge in [0.05, 0.1) is 11.0 Å². The van der Waals surface area contributed by atoms with Gasteiger partial charge in [0.1, 0.15) is 0 Å². The minimum absolute atomic E-state index is 1.15. The molecule has 3 heteroatoms. The van der Waals surface area contributed by atoms with Crippen LogP contribution in [0.3, 0.4) is 0 Å². The fourth-order valence-electron chi connectivity index (χ4n) is 12.0. The minimum atomic E-state index is -2.90. The van der Waals surface area contributed by atoms with E-state index in [2.05, 4.69) is 290 Å². The Morgan fingerprint density at radius 3 is 0.971 bits per heavy atom. The molecule has 1 nitrogen and oxygen atoms in total. The lowest BCUT2D eigenvalue weighted by molar-refractivity contribution is 1.18. The summed E-state index contributed by atoms with van der Waals surface area (Å²) in [7, 11) is -5.77. The Morgan fingerprint density at radius 2 is 0.536 bits per heavy atom. The van der Waals surface area contributed by atoms with Crippen molar-refractivity contribution in [3.05, 3.63) is 285 Å². The molecule has 0 N–H and O–H groups in total. The molecule has 13 rings (SSSR count). The number of rotatable bonds is 9. The van der Waals surface area contributed by atoms with E-state index in [1.165, 1.54) is 95.6 Å². The first-order valence-corrected chi connectivity index (χ1v) is 28.0. The van der Waals surface area contributed by atoms with Crippen LogP contribution in [0.15, 0.2) is 285 Å². The Hall–Kier alpha value is -8.35. The maximum absolute atomic E-state index is 2.90. The lowest BCUT2D eigenvalue weighted by atomic mass is 9.92. The normalized spacial score (nSPS) is 12.1. The van der Waals surface area contributed by atoms with E-state index in [4.69, 9.17) is 0 Å². The summed E-state index contributed by atoms with van der Waals surface area (Å²) in [6, 6.07) is 108. The predicted octanol–water partition coefficient (Wildman–Crippen LogP) is 11.0. The topological polar surface area (TPSA) is 4.93 Å². The molecule has 1 aromatic heterocycles. The van der Waals surface area contributed by atoms with Crippen LogP contribution < -0.4 is 41.5 Å². The third-order valence-corrected chi connectivity index (χ3v) is 24.4. The molecule has 69 heavy (non-hydrogen) atoms. The van der Waals surface area contributed by atoms with Gasteiger partial charge in [0.25, 0.3) is 0 Å². The maximum atomic E-state index is 2.60. The van der Waals surface area contributed by atoms with E-state index >= 15 is 0 Å². The minimum Gasteiger partial charge on any atom is -0.309 e. The van der Waals surface area contributed by atoms with Gasteiger partial charge in [0, 0.05) is 21.8 Å². The second-order valence-corrected chi connectivity index (χ2v) is 25.9. The molecule has 12 aromatic carbocycles. The highest BCUT2D eigenvalue weighted by atomic mass is 28.3. The lowest BCUT2D eigenvalue weighted by Crippen LogP contribution is -2.74. The van der Waals surface area contributed by atoms with Gasteiger partial charge in [-0.05, 0) is 92.7 Å². The summed E-state index contributed by atoms with van der Waals surface area (Å²) < 4.78 is 2.60. The van der Waals surface area contributed by atoms with Gasteiger partial charge < -0.3 is 4.57 Å². The number of benzene rings is 12. The largest absolute Gasteiger partial charge is 0.309 e. The van der Waals surface area contributed by atoms with Gasteiger partial charge in [-0.1, -0.05) is 261 Å². The lowest BCUT2D eigenvalue weighted by Gasteiger charge is -2.35. The molecule has 324 valence electrons. The number of hydrogen-bond donors (Lipinski definition) is 0. The van der Waals surface area contributed by atoms with E-state index in [1.807, 2.05) is 0 Å².